The monoisotopic (exact) mass is 142 g/mol. The molecule has 0 aromatic rings. The van der Waals surface area contributed by atoms with Crippen molar-refractivity contribution in [1.82, 2.24) is 5.32 Å². The van der Waals surface area contributed by atoms with Crippen molar-refractivity contribution in [2.45, 2.75) is 32.7 Å². The van der Waals surface area contributed by atoms with Gasteiger partial charge in [0.1, 0.15) is 0 Å². The lowest BCUT2D eigenvalue weighted by Gasteiger charge is -2.23. The summed E-state index contributed by atoms with van der Waals surface area (Å²) in [7, 11) is 0. The zero-order valence-corrected chi connectivity index (χ0v) is 6.98. The second-order valence-electron chi connectivity index (χ2n) is 4.09. The lowest BCUT2D eigenvalue weighted by Crippen LogP contribution is -2.29. The molecule has 1 atom stereocenters. The van der Waals surface area contributed by atoms with Gasteiger partial charge in [-0.15, -0.1) is 0 Å². The van der Waals surface area contributed by atoms with Gasteiger partial charge in [0, 0.05) is 12.6 Å². The van der Waals surface area contributed by atoms with Crippen LogP contribution in [-0.4, -0.2) is 19.1 Å². The molecule has 0 aliphatic carbocycles. The van der Waals surface area contributed by atoms with Crippen molar-refractivity contribution in [3.63, 3.8) is 0 Å². The highest BCUT2D eigenvalue weighted by atomic mass is 14.9. The second kappa shape index (κ2) is 2.89. The van der Waals surface area contributed by atoms with Crippen LogP contribution in [0.5, 0.6) is 0 Å². The highest BCUT2D eigenvalue weighted by molar-refractivity contribution is 4.81. The molecule has 0 spiro atoms. The Bertz CT molecular complexity index is 110. The molecule has 0 radical (unpaired) electrons. The van der Waals surface area contributed by atoms with Gasteiger partial charge in [0.15, 0.2) is 0 Å². The molecule has 60 valence electrons. The van der Waals surface area contributed by atoms with Crippen molar-refractivity contribution < 1.29 is 0 Å². The zero-order chi connectivity index (χ0) is 7.61. The number of nitrogens with one attached hydrogen (secondary N) is 1. The normalized spacial score (nSPS) is 33.3. The van der Waals surface area contributed by atoms with Gasteiger partial charge < -0.3 is 11.1 Å². The van der Waals surface area contributed by atoms with E-state index < -0.39 is 0 Å². The van der Waals surface area contributed by atoms with Gasteiger partial charge in [-0.25, -0.2) is 0 Å². The Hall–Kier alpha value is -0.0800. The maximum absolute atomic E-state index is 5.87. The lowest BCUT2D eigenvalue weighted by atomic mass is 9.86. The SMILES string of the molecule is CC1(C)CNCC[C@@H](N)C1. The first-order valence-corrected chi connectivity index (χ1v) is 4.06. The van der Waals surface area contributed by atoms with Crippen molar-refractivity contribution in [2.24, 2.45) is 11.1 Å². The van der Waals surface area contributed by atoms with E-state index in [-0.39, 0.29) is 0 Å². The highest BCUT2D eigenvalue weighted by Gasteiger charge is 2.23. The maximum Gasteiger partial charge on any atom is 0.00564 e. The molecule has 10 heavy (non-hydrogen) atoms. The first kappa shape index (κ1) is 8.02. The quantitative estimate of drug-likeness (QED) is 0.523. The summed E-state index contributed by atoms with van der Waals surface area (Å²) in [5, 5.41) is 3.39. The molecule has 1 rings (SSSR count). The number of hydrogen-bond donors (Lipinski definition) is 2. The van der Waals surface area contributed by atoms with E-state index in [0.29, 0.717) is 11.5 Å². The van der Waals surface area contributed by atoms with Crippen LogP contribution in [-0.2, 0) is 0 Å². The van der Waals surface area contributed by atoms with E-state index in [9.17, 15) is 0 Å². The Balaban J connectivity index is 2.46. The summed E-state index contributed by atoms with van der Waals surface area (Å²) in [4.78, 5) is 0. The predicted octanol–water partition coefficient (Wildman–Crippen LogP) is 0.723. The number of rotatable bonds is 0. The van der Waals surface area contributed by atoms with Gasteiger partial charge in [-0.2, -0.15) is 0 Å². The molecule has 1 heterocycles. The van der Waals surface area contributed by atoms with Gasteiger partial charge in [0.2, 0.25) is 0 Å². The molecular weight excluding hydrogens is 124 g/mol. The van der Waals surface area contributed by atoms with Crippen LogP contribution < -0.4 is 11.1 Å². The number of nitrogens with two attached hydrogens (primary N) is 1. The van der Waals surface area contributed by atoms with Gasteiger partial charge >= 0.3 is 0 Å². The van der Waals surface area contributed by atoms with Crippen LogP contribution in [0.15, 0.2) is 0 Å². The smallest absolute Gasteiger partial charge is 0.00564 e. The molecule has 0 unspecified atom stereocenters. The van der Waals surface area contributed by atoms with Gasteiger partial charge in [-0.1, -0.05) is 13.8 Å². The molecule has 3 N–H and O–H groups in total. The summed E-state index contributed by atoms with van der Waals surface area (Å²) in [6.45, 7) is 6.74. The molecule has 0 saturated carbocycles. The van der Waals surface area contributed by atoms with Crippen LogP contribution >= 0.6 is 0 Å². The van der Waals surface area contributed by atoms with Gasteiger partial charge in [0.25, 0.3) is 0 Å². The largest absolute Gasteiger partial charge is 0.328 e. The molecule has 0 amide bonds. The molecule has 1 aliphatic heterocycles. The van der Waals surface area contributed by atoms with Crippen LogP contribution in [0, 0.1) is 5.41 Å². The van der Waals surface area contributed by atoms with Crippen molar-refractivity contribution in [3.05, 3.63) is 0 Å². The Kier molecular flexibility index (Phi) is 2.32. The molecule has 1 fully saturated rings. The van der Waals surface area contributed by atoms with Crippen molar-refractivity contribution in [2.75, 3.05) is 13.1 Å². The molecule has 0 aromatic heterocycles. The van der Waals surface area contributed by atoms with Crippen molar-refractivity contribution in [3.8, 4) is 0 Å². The summed E-state index contributed by atoms with van der Waals surface area (Å²) < 4.78 is 0. The van der Waals surface area contributed by atoms with Crippen molar-refractivity contribution in [1.29, 1.82) is 0 Å². The van der Waals surface area contributed by atoms with Gasteiger partial charge in [-0.05, 0) is 24.8 Å². The standard InChI is InChI=1S/C8H18N2/c1-8(2)5-7(9)3-4-10-6-8/h7,10H,3-6,9H2,1-2H3/t7-/m1/s1. The average Bonchev–Trinajstić information content (AvgIpc) is 1.90. The fraction of sp³-hybridized carbons (Fsp3) is 1.00. The predicted molar refractivity (Wildman–Crippen MR) is 43.9 cm³/mol. The Labute approximate surface area is 63.2 Å². The van der Waals surface area contributed by atoms with E-state index in [0.717, 1.165) is 25.9 Å². The average molecular weight is 142 g/mol. The van der Waals surface area contributed by atoms with E-state index in [1.165, 1.54) is 0 Å². The van der Waals surface area contributed by atoms with E-state index in [1.54, 1.807) is 0 Å². The van der Waals surface area contributed by atoms with Gasteiger partial charge in [-0.3, -0.25) is 0 Å². The second-order valence-corrected chi connectivity index (χ2v) is 4.09. The van der Waals surface area contributed by atoms with Gasteiger partial charge in [0.05, 0.1) is 0 Å². The molecule has 2 heteroatoms. The Morgan fingerprint density at radius 3 is 2.90 bits per heavy atom. The third kappa shape index (κ3) is 2.27. The van der Waals surface area contributed by atoms with Crippen LogP contribution in [0.25, 0.3) is 0 Å². The number of hydrogen-bond acceptors (Lipinski definition) is 2. The lowest BCUT2D eigenvalue weighted by molar-refractivity contribution is 0.318. The summed E-state index contributed by atoms with van der Waals surface area (Å²) in [5.74, 6) is 0. The van der Waals surface area contributed by atoms with E-state index in [2.05, 4.69) is 19.2 Å². The molecular formula is C8H18N2. The first-order chi connectivity index (χ1) is 4.60. The minimum atomic E-state index is 0.399. The zero-order valence-electron chi connectivity index (χ0n) is 6.98. The summed E-state index contributed by atoms with van der Waals surface area (Å²) in [6.07, 6.45) is 2.28. The van der Waals surface area contributed by atoms with E-state index >= 15 is 0 Å². The molecule has 2 nitrogen and oxygen atoms in total. The topological polar surface area (TPSA) is 38.0 Å². The van der Waals surface area contributed by atoms with Crippen LogP contribution in [0.2, 0.25) is 0 Å². The van der Waals surface area contributed by atoms with E-state index in [1.807, 2.05) is 0 Å². The summed E-state index contributed by atoms with van der Waals surface area (Å²) in [5.41, 5.74) is 6.27. The van der Waals surface area contributed by atoms with Crippen LogP contribution in [0.3, 0.4) is 0 Å². The fourth-order valence-corrected chi connectivity index (χ4v) is 1.60. The van der Waals surface area contributed by atoms with Crippen LogP contribution in [0.1, 0.15) is 26.7 Å². The summed E-state index contributed by atoms with van der Waals surface area (Å²) >= 11 is 0. The van der Waals surface area contributed by atoms with Crippen LogP contribution in [0.4, 0.5) is 0 Å². The molecule has 0 bridgehead atoms. The third-order valence-corrected chi connectivity index (χ3v) is 2.11. The maximum atomic E-state index is 5.87. The Morgan fingerprint density at radius 1 is 1.50 bits per heavy atom. The summed E-state index contributed by atoms with van der Waals surface area (Å²) in [6, 6.07) is 0.407. The van der Waals surface area contributed by atoms with E-state index in [4.69, 9.17) is 5.73 Å². The first-order valence-electron chi connectivity index (χ1n) is 4.06. The fourth-order valence-electron chi connectivity index (χ4n) is 1.60. The minimum absolute atomic E-state index is 0.399. The van der Waals surface area contributed by atoms with Crippen molar-refractivity contribution >= 4 is 0 Å². The molecule has 1 saturated heterocycles. The molecule has 0 aromatic carbocycles. The molecule has 1 aliphatic rings. The minimum Gasteiger partial charge on any atom is -0.328 e. The third-order valence-electron chi connectivity index (χ3n) is 2.11. The Morgan fingerprint density at radius 2 is 2.20 bits per heavy atom. The highest BCUT2D eigenvalue weighted by Crippen LogP contribution is 2.23.